The molecule has 0 spiro atoms. The SMILES string of the molecule is O=C(CCN1C(=O)c2ccccc2C1=O)Oc1cccc(Nc2nc(-c3ccccn3)cs2)c1. The Morgan fingerprint density at radius 2 is 1.71 bits per heavy atom. The number of esters is 1. The van der Waals surface area contributed by atoms with E-state index in [9.17, 15) is 14.4 Å². The van der Waals surface area contributed by atoms with Crippen LogP contribution in [0, 0.1) is 0 Å². The molecule has 5 rings (SSSR count). The molecule has 3 heterocycles. The minimum atomic E-state index is -0.541. The Balaban J connectivity index is 1.19. The highest BCUT2D eigenvalue weighted by Gasteiger charge is 2.35. The van der Waals surface area contributed by atoms with E-state index >= 15 is 0 Å². The molecule has 0 atom stereocenters. The molecule has 9 heteroatoms. The number of nitrogens with one attached hydrogen (secondary N) is 1. The molecular formula is C25H18N4O4S. The number of nitrogens with zero attached hydrogens (tertiary/aromatic N) is 3. The lowest BCUT2D eigenvalue weighted by molar-refractivity contribution is -0.134. The third kappa shape index (κ3) is 4.41. The van der Waals surface area contributed by atoms with E-state index in [1.807, 2.05) is 29.6 Å². The Hall–Kier alpha value is -4.37. The van der Waals surface area contributed by atoms with Gasteiger partial charge in [0, 0.05) is 29.9 Å². The summed E-state index contributed by atoms with van der Waals surface area (Å²) in [6, 6.07) is 19.2. The number of hydrogen-bond acceptors (Lipinski definition) is 8. The summed E-state index contributed by atoms with van der Waals surface area (Å²) in [4.78, 5) is 47.1. The van der Waals surface area contributed by atoms with E-state index in [1.54, 1.807) is 48.7 Å². The van der Waals surface area contributed by atoms with Crippen molar-refractivity contribution in [3.63, 3.8) is 0 Å². The fourth-order valence-corrected chi connectivity index (χ4v) is 4.28. The molecule has 0 unspecified atom stereocenters. The van der Waals surface area contributed by atoms with Crippen LogP contribution in [-0.4, -0.2) is 39.2 Å². The third-order valence-electron chi connectivity index (χ3n) is 5.17. The number of benzene rings is 2. The second-order valence-electron chi connectivity index (χ2n) is 7.44. The van der Waals surface area contributed by atoms with Gasteiger partial charge in [-0.05, 0) is 36.4 Å². The summed E-state index contributed by atoms with van der Waals surface area (Å²) in [6.45, 7) is -0.0431. The zero-order valence-corrected chi connectivity index (χ0v) is 18.6. The van der Waals surface area contributed by atoms with Crippen LogP contribution in [0.4, 0.5) is 10.8 Å². The number of carbonyl (C=O) groups is 3. The number of rotatable bonds is 7. The third-order valence-corrected chi connectivity index (χ3v) is 5.92. The van der Waals surface area contributed by atoms with Gasteiger partial charge in [-0.2, -0.15) is 0 Å². The minimum Gasteiger partial charge on any atom is -0.426 e. The maximum Gasteiger partial charge on any atom is 0.313 e. The number of hydrogen-bond donors (Lipinski definition) is 1. The monoisotopic (exact) mass is 470 g/mol. The fourth-order valence-electron chi connectivity index (χ4n) is 3.55. The average molecular weight is 471 g/mol. The quantitative estimate of drug-likeness (QED) is 0.240. The van der Waals surface area contributed by atoms with Gasteiger partial charge in [0.15, 0.2) is 5.13 Å². The first-order valence-corrected chi connectivity index (χ1v) is 11.4. The summed E-state index contributed by atoms with van der Waals surface area (Å²) >= 11 is 1.44. The summed E-state index contributed by atoms with van der Waals surface area (Å²) < 4.78 is 5.42. The Morgan fingerprint density at radius 3 is 2.44 bits per heavy atom. The predicted octanol–water partition coefficient (Wildman–Crippen LogP) is 4.54. The van der Waals surface area contributed by atoms with Crippen molar-refractivity contribution in [1.29, 1.82) is 0 Å². The molecule has 34 heavy (non-hydrogen) atoms. The highest BCUT2D eigenvalue weighted by Crippen LogP contribution is 2.28. The highest BCUT2D eigenvalue weighted by atomic mass is 32.1. The average Bonchev–Trinajstić information content (AvgIpc) is 3.42. The van der Waals surface area contributed by atoms with Crippen molar-refractivity contribution in [3.05, 3.63) is 89.4 Å². The Kier molecular flexibility index (Phi) is 5.84. The van der Waals surface area contributed by atoms with Crippen molar-refractivity contribution in [2.45, 2.75) is 6.42 Å². The number of amides is 2. The number of aromatic nitrogens is 2. The van der Waals surface area contributed by atoms with E-state index in [-0.39, 0.29) is 13.0 Å². The van der Waals surface area contributed by atoms with E-state index in [0.29, 0.717) is 27.7 Å². The predicted molar refractivity (Wildman–Crippen MR) is 127 cm³/mol. The van der Waals surface area contributed by atoms with Crippen LogP contribution in [0.2, 0.25) is 0 Å². The largest absolute Gasteiger partial charge is 0.426 e. The number of imide groups is 1. The summed E-state index contributed by atoms with van der Waals surface area (Å²) in [5, 5.41) is 5.78. The van der Waals surface area contributed by atoms with Gasteiger partial charge in [0.2, 0.25) is 0 Å². The molecule has 1 aliphatic heterocycles. The topological polar surface area (TPSA) is 101 Å². The molecule has 0 aliphatic carbocycles. The van der Waals surface area contributed by atoms with Gasteiger partial charge < -0.3 is 10.1 Å². The molecular weight excluding hydrogens is 452 g/mol. The van der Waals surface area contributed by atoms with Crippen molar-refractivity contribution in [3.8, 4) is 17.1 Å². The van der Waals surface area contributed by atoms with Crippen molar-refractivity contribution in [2.75, 3.05) is 11.9 Å². The number of thiazole rings is 1. The molecule has 0 bridgehead atoms. The Labute approximate surface area is 198 Å². The normalized spacial score (nSPS) is 12.5. The standard InChI is InChI=1S/C25H18N4O4S/c30-22(11-13-29-23(31)18-8-1-2-9-19(18)24(29)32)33-17-7-5-6-16(14-17)27-25-28-21(15-34-25)20-10-3-4-12-26-20/h1-10,12,14-15H,11,13H2,(H,27,28). The van der Waals surface area contributed by atoms with Crippen molar-refractivity contribution in [1.82, 2.24) is 14.9 Å². The van der Waals surface area contributed by atoms with E-state index in [1.165, 1.54) is 11.3 Å². The van der Waals surface area contributed by atoms with Crippen LogP contribution in [-0.2, 0) is 4.79 Å². The summed E-state index contributed by atoms with van der Waals surface area (Å²) in [5.74, 6) is -0.986. The van der Waals surface area contributed by atoms with Crippen LogP contribution in [0.1, 0.15) is 27.1 Å². The highest BCUT2D eigenvalue weighted by molar-refractivity contribution is 7.14. The van der Waals surface area contributed by atoms with Gasteiger partial charge in [0.1, 0.15) is 11.4 Å². The number of anilines is 2. The van der Waals surface area contributed by atoms with E-state index in [4.69, 9.17) is 4.74 Å². The number of ether oxygens (including phenoxy) is 1. The Morgan fingerprint density at radius 1 is 0.941 bits per heavy atom. The van der Waals surface area contributed by atoms with Crippen LogP contribution in [0.15, 0.2) is 78.3 Å². The molecule has 0 radical (unpaired) electrons. The lowest BCUT2D eigenvalue weighted by Gasteiger charge is -2.13. The van der Waals surface area contributed by atoms with Crippen LogP contribution < -0.4 is 10.1 Å². The maximum atomic E-state index is 12.4. The molecule has 0 fully saturated rings. The summed E-state index contributed by atoms with van der Waals surface area (Å²) in [7, 11) is 0. The van der Waals surface area contributed by atoms with Crippen molar-refractivity contribution < 1.29 is 19.1 Å². The Bertz CT molecular complexity index is 1350. The van der Waals surface area contributed by atoms with Gasteiger partial charge in [-0.1, -0.05) is 24.3 Å². The van der Waals surface area contributed by atoms with Crippen LogP contribution in [0.25, 0.3) is 11.4 Å². The van der Waals surface area contributed by atoms with Crippen LogP contribution in [0.5, 0.6) is 5.75 Å². The van der Waals surface area contributed by atoms with E-state index < -0.39 is 17.8 Å². The molecule has 0 saturated heterocycles. The molecule has 2 amide bonds. The zero-order chi connectivity index (χ0) is 23.5. The molecule has 2 aromatic carbocycles. The number of fused-ring (bicyclic) bond motifs is 1. The molecule has 4 aromatic rings. The van der Waals surface area contributed by atoms with Gasteiger partial charge in [-0.25, -0.2) is 4.98 Å². The van der Waals surface area contributed by atoms with E-state index in [2.05, 4.69) is 15.3 Å². The van der Waals surface area contributed by atoms with Crippen LogP contribution >= 0.6 is 11.3 Å². The van der Waals surface area contributed by atoms with Crippen LogP contribution in [0.3, 0.4) is 0 Å². The van der Waals surface area contributed by atoms with Crippen molar-refractivity contribution in [2.24, 2.45) is 0 Å². The minimum absolute atomic E-state index is 0.0431. The smallest absolute Gasteiger partial charge is 0.313 e. The molecule has 1 aliphatic rings. The first-order chi connectivity index (χ1) is 16.6. The molecule has 8 nitrogen and oxygen atoms in total. The first-order valence-electron chi connectivity index (χ1n) is 10.5. The molecule has 2 aromatic heterocycles. The number of carbonyl (C=O) groups excluding carboxylic acids is 3. The zero-order valence-electron chi connectivity index (χ0n) is 17.8. The van der Waals surface area contributed by atoms with Crippen molar-refractivity contribution >= 4 is 39.9 Å². The van der Waals surface area contributed by atoms with E-state index in [0.717, 1.165) is 16.3 Å². The first kappa shape index (κ1) is 21.5. The van der Waals surface area contributed by atoms with Gasteiger partial charge in [-0.15, -0.1) is 11.3 Å². The second-order valence-corrected chi connectivity index (χ2v) is 8.30. The van der Waals surface area contributed by atoms with Gasteiger partial charge >= 0.3 is 5.97 Å². The molecule has 0 saturated carbocycles. The second kappa shape index (κ2) is 9.24. The van der Waals surface area contributed by atoms with Gasteiger partial charge in [0.25, 0.3) is 11.8 Å². The lowest BCUT2D eigenvalue weighted by Crippen LogP contribution is -2.32. The number of pyridine rings is 1. The fraction of sp³-hybridized carbons (Fsp3) is 0.0800. The molecule has 168 valence electrons. The lowest BCUT2D eigenvalue weighted by atomic mass is 10.1. The van der Waals surface area contributed by atoms with Gasteiger partial charge in [-0.3, -0.25) is 24.3 Å². The maximum absolute atomic E-state index is 12.4. The summed E-state index contributed by atoms with van der Waals surface area (Å²) in [6.07, 6.45) is 1.61. The summed E-state index contributed by atoms with van der Waals surface area (Å²) in [5.41, 5.74) is 2.96. The molecule has 1 N–H and O–H groups in total. The van der Waals surface area contributed by atoms with Gasteiger partial charge in [0.05, 0.1) is 23.2 Å².